The monoisotopic (exact) mass is 248 g/mol. The van der Waals surface area contributed by atoms with E-state index in [1.807, 2.05) is 0 Å². The Morgan fingerprint density at radius 3 is 2.62 bits per heavy atom. The van der Waals surface area contributed by atoms with Crippen molar-refractivity contribution < 1.29 is 18.0 Å². The molecule has 0 aliphatic rings. The molecular formula is C9H7F3N2OS. The van der Waals surface area contributed by atoms with Crippen molar-refractivity contribution in [3.05, 3.63) is 29.3 Å². The van der Waals surface area contributed by atoms with Crippen LogP contribution in [0.3, 0.4) is 0 Å². The van der Waals surface area contributed by atoms with Gasteiger partial charge in [-0.15, -0.1) is 11.3 Å². The van der Waals surface area contributed by atoms with Crippen LogP contribution in [0.1, 0.15) is 0 Å². The lowest BCUT2D eigenvalue weighted by molar-refractivity contribution is -0.105. The van der Waals surface area contributed by atoms with Crippen LogP contribution in [0.4, 0.5) is 18.2 Å². The van der Waals surface area contributed by atoms with Crippen LogP contribution in [0.2, 0.25) is 0 Å². The maximum absolute atomic E-state index is 12.1. The fourth-order valence-electron chi connectivity index (χ4n) is 0.838. The Labute approximate surface area is 93.1 Å². The van der Waals surface area contributed by atoms with Crippen molar-refractivity contribution in [2.24, 2.45) is 0 Å². The van der Waals surface area contributed by atoms with Gasteiger partial charge in [0.05, 0.1) is 10.6 Å². The van der Waals surface area contributed by atoms with Gasteiger partial charge in [-0.2, -0.15) is 13.2 Å². The molecule has 7 heteroatoms. The molecule has 1 rings (SSSR count). The van der Waals surface area contributed by atoms with Crippen molar-refractivity contribution in [1.82, 2.24) is 0 Å². The summed E-state index contributed by atoms with van der Waals surface area (Å²) in [4.78, 5) is 10.4. The van der Waals surface area contributed by atoms with Crippen LogP contribution in [0.25, 0.3) is 0 Å². The lowest BCUT2D eigenvalue weighted by atomic mass is 10.2. The van der Waals surface area contributed by atoms with Crippen molar-refractivity contribution in [2.75, 3.05) is 5.32 Å². The minimum atomic E-state index is -4.82. The molecular weight excluding hydrogens is 241 g/mol. The van der Waals surface area contributed by atoms with Crippen LogP contribution in [0.15, 0.2) is 29.3 Å². The molecule has 1 aromatic heterocycles. The van der Waals surface area contributed by atoms with Crippen molar-refractivity contribution in [3.8, 4) is 0 Å². The highest BCUT2D eigenvalue weighted by Crippen LogP contribution is 2.21. The third-order valence-corrected chi connectivity index (χ3v) is 2.39. The summed E-state index contributed by atoms with van der Waals surface area (Å²) in [6, 6.07) is 3.34. The Morgan fingerprint density at radius 1 is 1.50 bits per heavy atom. The fourth-order valence-corrected chi connectivity index (χ4v) is 1.43. The molecule has 0 saturated heterocycles. The maximum Gasteiger partial charge on any atom is 0.433 e. The summed E-state index contributed by atoms with van der Waals surface area (Å²) in [6.45, 7) is 0. The minimum absolute atomic E-state index is 0.00354. The SMILES string of the molecule is N=C(/C(C=O)=C\Nc1cccs1)C(F)(F)F. The standard InChI is InChI=1S/C9H7F3N2OS/c10-9(11,12)8(13)6(5-15)4-14-7-2-1-3-16-7/h1-5,13-14H/b6-4-,13-8?. The first-order valence-corrected chi connectivity index (χ1v) is 4.94. The summed E-state index contributed by atoms with van der Waals surface area (Å²) >= 11 is 1.27. The lowest BCUT2D eigenvalue weighted by Crippen LogP contribution is -2.24. The highest BCUT2D eigenvalue weighted by molar-refractivity contribution is 7.14. The average Bonchev–Trinajstić information content (AvgIpc) is 2.69. The number of alkyl halides is 3. The molecule has 1 heterocycles. The van der Waals surface area contributed by atoms with E-state index in [-0.39, 0.29) is 6.29 Å². The Morgan fingerprint density at radius 2 is 2.19 bits per heavy atom. The van der Waals surface area contributed by atoms with E-state index in [9.17, 15) is 18.0 Å². The number of thiophene rings is 1. The molecule has 16 heavy (non-hydrogen) atoms. The number of nitrogens with one attached hydrogen (secondary N) is 2. The maximum atomic E-state index is 12.1. The van der Waals surface area contributed by atoms with Gasteiger partial charge in [0.15, 0.2) is 6.29 Å². The Hall–Kier alpha value is -1.63. The zero-order valence-corrected chi connectivity index (χ0v) is 8.65. The topological polar surface area (TPSA) is 53.0 Å². The van der Waals surface area contributed by atoms with Gasteiger partial charge in [-0.05, 0) is 17.5 Å². The van der Waals surface area contributed by atoms with Gasteiger partial charge in [0.2, 0.25) is 0 Å². The zero-order valence-electron chi connectivity index (χ0n) is 7.84. The van der Waals surface area contributed by atoms with Gasteiger partial charge in [-0.25, -0.2) is 0 Å². The van der Waals surface area contributed by atoms with Gasteiger partial charge in [-0.3, -0.25) is 10.2 Å². The van der Waals surface area contributed by atoms with E-state index in [4.69, 9.17) is 5.41 Å². The van der Waals surface area contributed by atoms with E-state index >= 15 is 0 Å². The first-order chi connectivity index (χ1) is 7.45. The van der Waals surface area contributed by atoms with E-state index in [1.54, 1.807) is 17.5 Å². The van der Waals surface area contributed by atoms with Crippen LogP contribution in [-0.2, 0) is 4.79 Å². The van der Waals surface area contributed by atoms with Crippen LogP contribution >= 0.6 is 11.3 Å². The molecule has 0 spiro atoms. The van der Waals surface area contributed by atoms with E-state index in [1.165, 1.54) is 11.3 Å². The Bertz CT molecular complexity index is 409. The number of carbonyl (C=O) groups excluding carboxylic acids is 1. The number of aldehydes is 1. The molecule has 0 atom stereocenters. The molecule has 0 aromatic carbocycles. The number of allylic oxidation sites excluding steroid dienone is 1. The normalized spacial score (nSPS) is 12.3. The molecule has 0 amide bonds. The molecule has 86 valence electrons. The molecule has 3 nitrogen and oxygen atoms in total. The molecule has 0 saturated carbocycles. The number of rotatable bonds is 4. The quantitative estimate of drug-likeness (QED) is 0.489. The van der Waals surface area contributed by atoms with E-state index in [2.05, 4.69) is 5.32 Å². The van der Waals surface area contributed by atoms with Crippen LogP contribution in [-0.4, -0.2) is 18.2 Å². The number of anilines is 1. The van der Waals surface area contributed by atoms with Gasteiger partial charge in [0.1, 0.15) is 5.71 Å². The predicted octanol–water partition coefficient (Wildman–Crippen LogP) is 2.82. The molecule has 0 unspecified atom stereocenters. The zero-order chi connectivity index (χ0) is 12.2. The third-order valence-electron chi connectivity index (χ3n) is 1.59. The second kappa shape index (κ2) is 4.93. The highest BCUT2D eigenvalue weighted by Gasteiger charge is 2.36. The Balaban J connectivity index is 2.79. The lowest BCUT2D eigenvalue weighted by Gasteiger charge is -2.07. The predicted molar refractivity (Wildman–Crippen MR) is 55.9 cm³/mol. The molecule has 0 radical (unpaired) electrons. The summed E-state index contributed by atoms with van der Waals surface area (Å²) in [5, 5.41) is 11.6. The summed E-state index contributed by atoms with van der Waals surface area (Å²) in [5.41, 5.74) is -2.40. The second-order valence-electron chi connectivity index (χ2n) is 2.71. The summed E-state index contributed by atoms with van der Waals surface area (Å²) in [6.07, 6.45) is -3.95. The van der Waals surface area contributed by atoms with E-state index in [0.717, 1.165) is 6.20 Å². The van der Waals surface area contributed by atoms with E-state index in [0.29, 0.717) is 5.00 Å². The number of halogens is 3. The van der Waals surface area contributed by atoms with E-state index < -0.39 is 17.5 Å². The largest absolute Gasteiger partial charge is 0.433 e. The Kier molecular flexibility index (Phi) is 3.83. The number of hydrogen-bond donors (Lipinski definition) is 2. The summed E-state index contributed by atoms with van der Waals surface area (Å²) in [7, 11) is 0. The van der Waals surface area contributed by atoms with Gasteiger partial charge in [-0.1, -0.05) is 0 Å². The number of carbonyl (C=O) groups is 1. The highest BCUT2D eigenvalue weighted by atomic mass is 32.1. The molecule has 1 aromatic rings. The van der Waals surface area contributed by atoms with Crippen molar-refractivity contribution in [3.63, 3.8) is 0 Å². The smallest absolute Gasteiger partial charge is 0.353 e. The molecule has 0 aliphatic carbocycles. The van der Waals surface area contributed by atoms with Crippen molar-refractivity contribution in [2.45, 2.75) is 6.18 Å². The van der Waals surface area contributed by atoms with Crippen LogP contribution in [0, 0.1) is 5.41 Å². The van der Waals surface area contributed by atoms with Crippen molar-refractivity contribution in [1.29, 1.82) is 5.41 Å². The molecule has 0 bridgehead atoms. The van der Waals surface area contributed by atoms with Gasteiger partial charge in [0.25, 0.3) is 0 Å². The minimum Gasteiger partial charge on any atom is -0.353 e. The first-order valence-electron chi connectivity index (χ1n) is 4.06. The molecule has 2 N–H and O–H groups in total. The van der Waals surface area contributed by atoms with Crippen LogP contribution < -0.4 is 5.32 Å². The fraction of sp³-hybridized carbons (Fsp3) is 0.111. The van der Waals surface area contributed by atoms with Crippen molar-refractivity contribution >= 4 is 28.3 Å². The summed E-state index contributed by atoms with van der Waals surface area (Å²) in [5.74, 6) is 0. The molecule has 0 aliphatic heterocycles. The third kappa shape index (κ3) is 3.20. The second-order valence-corrected chi connectivity index (χ2v) is 3.66. The summed E-state index contributed by atoms with van der Waals surface area (Å²) < 4.78 is 36.3. The molecule has 0 fully saturated rings. The first kappa shape index (κ1) is 12.4. The van der Waals surface area contributed by atoms with Crippen LogP contribution in [0.5, 0.6) is 0 Å². The number of hydrogen-bond acceptors (Lipinski definition) is 4. The van der Waals surface area contributed by atoms with Gasteiger partial charge >= 0.3 is 6.18 Å². The van der Waals surface area contributed by atoms with Gasteiger partial charge in [0, 0.05) is 6.20 Å². The van der Waals surface area contributed by atoms with Gasteiger partial charge < -0.3 is 5.32 Å². The average molecular weight is 248 g/mol.